The van der Waals surface area contributed by atoms with Crippen molar-refractivity contribution >= 4 is 0 Å². The predicted molar refractivity (Wildman–Crippen MR) is 69.9 cm³/mol. The van der Waals surface area contributed by atoms with Gasteiger partial charge in [-0.1, -0.05) is 32.1 Å². The van der Waals surface area contributed by atoms with Crippen LogP contribution in [0.2, 0.25) is 0 Å². The fourth-order valence-corrected chi connectivity index (χ4v) is 4.52. The molecule has 1 aliphatic carbocycles. The smallest absolute Gasteiger partial charge is 0.0705 e. The Labute approximate surface area is 105 Å². The molecule has 0 aromatic rings. The van der Waals surface area contributed by atoms with Crippen molar-refractivity contribution in [1.82, 2.24) is 5.32 Å². The van der Waals surface area contributed by atoms with Gasteiger partial charge in [0, 0.05) is 12.1 Å². The van der Waals surface area contributed by atoms with Crippen molar-refractivity contribution in [2.24, 2.45) is 5.92 Å². The first kappa shape index (κ1) is 12.0. The van der Waals surface area contributed by atoms with Gasteiger partial charge in [0.25, 0.3) is 0 Å². The number of fused-ring (bicyclic) bond motifs is 2. The van der Waals surface area contributed by atoms with Crippen molar-refractivity contribution in [2.45, 2.75) is 88.3 Å². The summed E-state index contributed by atoms with van der Waals surface area (Å²) in [6.07, 6.45) is 14.0. The molecule has 0 amide bonds. The summed E-state index contributed by atoms with van der Waals surface area (Å²) in [5.41, 5.74) is -0.328. The van der Waals surface area contributed by atoms with E-state index in [0.717, 1.165) is 12.8 Å². The number of hydrogen-bond acceptors (Lipinski definition) is 2. The molecule has 0 aromatic heterocycles. The lowest BCUT2D eigenvalue weighted by molar-refractivity contribution is -0.0802. The summed E-state index contributed by atoms with van der Waals surface area (Å²) in [6.45, 7) is 0. The Morgan fingerprint density at radius 2 is 1.35 bits per heavy atom. The van der Waals surface area contributed by atoms with Gasteiger partial charge in [-0.25, -0.2) is 0 Å². The summed E-state index contributed by atoms with van der Waals surface area (Å²) in [5, 5.41) is 14.8. The van der Waals surface area contributed by atoms with Crippen LogP contribution in [-0.2, 0) is 0 Å². The second-order valence-electron chi connectivity index (χ2n) is 6.69. The third-order valence-electron chi connectivity index (χ3n) is 5.39. The molecule has 2 unspecified atom stereocenters. The van der Waals surface area contributed by atoms with Crippen LogP contribution in [0, 0.1) is 5.92 Å². The third kappa shape index (κ3) is 2.53. The molecule has 3 fully saturated rings. The molecule has 2 bridgehead atoms. The van der Waals surface area contributed by atoms with E-state index >= 15 is 0 Å². The minimum absolute atomic E-state index is 0.328. The van der Waals surface area contributed by atoms with Crippen LogP contribution in [0.3, 0.4) is 0 Å². The van der Waals surface area contributed by atoms with Crippen LogP contribution < -0.4 is 5.32 Å². The molecule has 2 aliphatic heterocycles. The fourth-order valence-electron chi connectivity index (χ4n) is 4.52. The minimum atomic E-state index is -0.328. The quantitative estimate of drug-likeness (QED) is 0.687. The van der Waals surface area contributed by atoms with Crippen molar-refractivity contribution in [2.75, 3.05) is 0 Å². The zero-order valence-electron chi connectivity index (χ0n) is 11.0. The Hall–Kier alpha value is -0.0800. The van der Waals surface area contributed by atoms with Crippen LogP contribution in [0.4, 0.5) is 0 Å². The summed E-state index contributed by atoms with van der Waals surface area (Å²) in [5.74, 6) is 0.593. The van der Waals surface area contributed by atoms with Gasteiger partial charge in [-0.2, -0.15) is 0 Å². The van der Waals surface area contributed by atoms with Crippen LogP contribution in [0.25, 0.3) is 0 Å². The number of piperidine rings is 2. The molecule has 2 atom stereocenters. The van der Waals surface area contributed by atoms with E-state index in [1.54, 1.807) is 0 Å². The Kier molecular flexibility index (Phi) is 3.45. The van der Waals surface area contributed by atoms with Crippen LogP contribution in [0.5, 0.6) is 0 Å². The van der Waals surface area contributed by atoms with Gasteiger partial charge in [-0.15, -0.1) is 0 Å². The van der Waals surface area contributed by atoms with Gasteiger partial charge in [-0.3, -0.25) is 0 Å². The summed E-state index contributed by atoms with van der Waals surface area (Å²) in [6, 6.07) is 1.21. The fraction of sp³-hybridized carbons (Fsp3) is 1.00. The Balaban J connectivity index is 1.70. The average Bonchev–Trinajstić information content (AvgIpc) is 2.57. The van der Waals surface area contributed by atoms with Gasteiger partial charge in [0.15, 0.2) is 0 Å². The van der Waals surface area contributed by atoms with Gasteiger partial charge in [0.05, 0.1) is 5.60 Å². The monoisotopic (exact) mass is 237 g/mol. The van der Waals surface area contributed by atoms with Crippen LogP contribution in [0.1, 0.15) is 70.6 Å². The van der Waals surface area contributed by atoms with Gasteiger partial charge < -0.3 is 10.4 Å². The summed E-state index contributed by atoms with van der Waals surface area (Å²) in [4.78, 5) is 0. The van der Waals surface area contributed by atoms with E-state index in [4.69, 9.17) is 0 Å². The number of nitrogens with one attached hydrogen (secondary N) is 1. The van der Waals surface area contributed by atoms with Crippen LogP contribution in [-0.4, -0.2) is 22.8 Å². The second kappa shape index (κ2) is 4.89. The minimum Gasteiger partial charge on any atom is -0.389 e. The molecule has 3 rings (SSSR count). The molecule has 98 valence electrons. The van der Waals surface area contributed by atoms with Gasteiger partial charge >= 0.3 is 0 Å². The summed E-state index contributed by atoms with van der Waals surface area (Å²) < 4.78 is 0. The Morgan fingerprint density at radius 3 is 1.94 bits per heavy atom. The molecule has 17 heavy (non-hydrogen) atoms. The highest BCUT2D eigenvalue weighted by molar-refractivity contribution is 5.01. The van der Waals surface area contributed by atoms with E-state index < -0.39 is 0 Å². The first-order chi connectivity index (χ1) is 8.26. The Bertz CT molecular complexity index is 246. The summed E-state index contributed by atoms with van der Waals surface area (Å²) in [7, 11) is 0. The van der Waals surface area contributed by atoms with E-state index in [9.17, 15) is 5.11 Å². The second-order valence-corrected chi connectivity index (χ2v) is 6.69. The van der Waals surface area contributed by atoms with Crippen molar-refractivity contribution in [3.05, 3.63) is 0 Å². The first-order valence-electron chi connectivity index (χ1n) is 7.75. The van der Waals surface area contributed by atoms with E-state index in [0.29, 0.717) is 18.0 Å². The molecule has 0 spiro atoms. The highest BCUT2D eigenvalue weighted by Gasteiger charge is 2.45. The standard InChI is InChI=1S/C15H27NO/c17-15(12-6-3-1-2-4-7-12)10-13-8-5-9-14(11-15)16-13/h12-14,16-17H,1-11H2. The van der Waals surface area contributed by atoms with Crippen LogP contribution in [0.15, 0.2) is 0 Å². The molecular formula is C15H27NO. The van der Waals surface area contributed by atoms with E-state index in [2.05, 4.69) is 5.32 Å². The first-order valence-corrected chi connectivity index (χ1v) is 7.75. The molecule has 2 nitrogen and oxygen atoms in total. The Morgan fingerprint density at radius 1 is 0.765 bits per heavy atom. The van der Waals surface area contributed by atoms with E-state index in [1.165, 1.54) is 57.8 Å². The maximum absolute atomic E-state index is 11.1. The maximum atomic E-state index is 11.1. The molecule has 0 aromatic carbocycles. The van der Waals surface area contributed by atoms with Crippen molar-refractivity contribution < 1.29 is 5.11 Å². The molecule has 2 N–H and O–H groups in total. The molecule has 1 saturated carbocycles. The maximum Gasteiger partial charge on any atom is 0.0705 e. The average molecular weight is 237 g/mol. The van der Waals surface area contributed by atoms with E-state index in [1.807, 2.05) is 0 Å². The number of rotatable bonds is 1. The zero-order chi connectivity index (χ0) is 11.7. The number of hydrogen-bond donors (Lipinski definition) is 2. The van der Waals surface area contributed by atoms with Gasteiger partial charge in [0.1, 0.15) is 0 Å². The van der Waals surface area contributed by atoms with Crippen molar-refractivity contribution in [3.63, 3.8) is 0 Å². The lowest BCUT2D eigenvalue weighted by atomic mass is 9.69. The lowest BCUT2D eigenvalue weighted by Gasteiger charge is -2.48. The molecule has 2 heterocycles. The van der Waals surface area contributed by atoms with Crippen molar-refractivity contribution in [3.8, 4) is 0 Å². The molecule has 3 aliphatic rings. The lowest BCUT2D eigenvalue weighted by Crippen LogP contribution is -2.58. The van der Waals surface area contributed by atoms with E-state index in [-0.39, 0.29) is 5.60 Å². The van der Waals surface area contributed by atoms with Crippen LogP contribution >= 0.6 is 0 Å². The molecule has 2 heteroatoms. The largest absolute Gasteiger partial charge is 0.389 e. The molecular weight excluding hydrogens is 210 g/mol. The highest BCUT2D eigenvalue weighted by Crippen LogP contribution is 2.42. The van der Waals surface area contributed by atoms with Crippen molar-refractivity contribution in [1.29, 1.82) is 0 Å². The third-order valence-corrected chi connectivity index (χ3v) is 5.39. The summed E-state index contributed by atoms with van der Waals surface area (Å²) >= 11 is 0. The topological polar surface area (TPSA) is 32.3 Å². The predicted octanol–water partition coefficient (Wildman–Crippen LogP) is 2.99. The normalized spacial score (nSPS) is 44.3. The molecule has 2 saturated heterocycles. The zero-order valence-corrected chi connectivity index (χ0v) is 11.0. The van der Waals surface area contributed by atoms with Gasteiger partial charge in [-0.05, 0) is 44.4 Å². The van der Waals surface area contributed by atoms with Gasteiger partial charge in [0.2, 0.25) is 0 Å². The highest BCUT2D eigenvalue weighted by atomic mass is 16.3. The molecule has 0 radical (unpaired) electrons. The SMILES string of the molecule is OC1(C2CCCCCC2)CC2CCCC(C1)N2. The number of aliphatic hydroxyl groups is 1.